The predicted molar refractivity (Wildman–Crippen MR) is 104 cm³/mol. The van der Waals surface area contributed by atoms with Gasteiger partial charge in [0.05, 0.1) is 11.7 Å². The van der Waals surface area contributed by atoms with Crippen molar-refractivity contribution >= 4 is 45.9 Å². The minimum Gasteiger partial charge on any atom is -0.300 e. The summed E-state index contributed by atoms with van der Waals surface area (Å²) in [7, 11) is 0. The lowest BCUT2D eigenvalue weighted by molar-refractivity contribution is -0.116. The quantitative estimate of drug-likeness (QED) is 0.461. The first-order chi connectivity index (χ1) is 12.7. The van der Waals surface area contributed by atoms with Gasteiger partial charge in [0.2, 0.25) is 11.0 Å². The van der Waals surface area contributed by atoms with Crippen molar-refractivity contribution in [1.82, 2.24) is 19.7 Å². The van der Waals surface area contributed by atoms with Crippen molar-refractivity contribution in [2.45, 2.75) is 54.6 Å². The first-order valence-corrected chi connectivity index (χ1v) is 11.5. The number of aromatic nitrogens is 4. The maximum atomic E-state index is 12.9. The van der Waals surface area contributed by atoms with E-state index < -0.39 is 0 Å². The Morgan fingerprint density at radius 2 is 2.19 bits per heavy atom. The zero-order valence-corrected chi connectivity index (χ0v) is 16.8. The molecule has 1 unspecified atom stereocenters. The van der Waals surface area contributed by atoms with Crippen LogP contribution >= 0.6 is 34.9 Å². The molecule has 1 aliphatic carbocycles. The van der Waals surface area contributed by atoms with Crippen molar-refractivity contribution in [1.29, 1.82) is 0 Å². The summed E-state index contributed by atoms with van der Waals surface area (Å²) in [5.41, 5.74) is 1.85. The highest BCUT2D eigenvalue weighted by molar-refractivity contribution is 8.01. The third kappa shape index (κ3) is 3.54. The smallest absolute Gasteiger partial charge is 0.257 e. The molecule has 4 rings (SSSR count). The van der Waals surface area contributed by atoms with E-state index >= 15 is 0 Å². The molecule has 0 fully saturated rings. The van der Waals surface area contributed by atoms with Crippen LogP contribution in [-0.2, 0) is 17.6 Å². The van der Waals surface area contributed by atoms with Gasteiger partial charge in [-0.2, -0.15) is 0 Å². The second-order valence-corrected chi connectivity index (χ2v) is 9.70. The average molecular weight is 410 g/mol. The SMILES string of the molecule is CCSc1nnc(NC(=O)CC2CSc3nc4c(c(=O)n32)CCCC4)s1. The standard InChI is InChI=1S/C16H19N5O2S3/c1-2-24-16-20-19-14(26-16)18-12(22)7-9-8-25-15-17-11-6-4-3-5-10(11)13(23)21(9)15/h9H,2-8H2,1H3,(H,18,19,22). The van der Waals surface area contributed by atoms with E-state index in [0.717, 1.165) is 52.2 Å². The number of nitrogens with zero attached hydrogens (tertiary/aromatic N) is 4. The molecule has 3 heterocycles. The summed E-state index contributed by atoms with van der Waals surface area (Å²) in [6.07, 6.45) is 4.07. The van der Waals surface area contributed by atoms with Gasteiger partial charge in [-0.15, -0.1) is 10.2 Å². The summed E-state index contributed by atoms with van der Waals surface area (Å²) < 4.78 is 2.57. The lowest BCUT2D eigenvalue weighted by Gasteiger charge is -2.18. The molecular formula is C16H19N5O2S3. The monoisotopic (exact) mass is 409 g/mol. The van der Waals surface area contributed by atoms with E-state index in [0.29, 0.717) is 10.9 Å². The Morgan fingerprint density at radius 3 is 3.04 bits per heavy atom. The third-order valence-electron chi connectivity index (χ3n) is 4.46. The number of rotatable bonds is 5. The van der Waals surface area contributed by atoms with Gasteiger partial charge < -0.3 is 5.32 Å². The number of amides is 1. The van der Waals surface area contributed by atoms with Crippen LogP contribution in [-0.4, -0.2) is 37.2 Å². The van der Waals surface area contributed by atoms with Gasteiger partial charge in [0.1, 0.15) is 0 Å². The van der Waals surface area contributed by atoms with Crippen molar-refractivity contribution in [3.05, 3.63) is 21.6 Å². The molecule has 0 saturated carbocycles. The number of fused-ring (bicyclic) bond motifs is 2. The molecule has 1 atom stereocenters. The van der Waals surface area contributed by atoms with E-state index in [1.54, 1.807) is 28.1 Å². The van der Waals surface area contributed by atoms with Crippen molar-refractivity contribution < 1.29 is 4.79 Å². The molecule has 26 heavy (non-hydrogen) atoms. The summed E-state index contributed by atoms with van der Waals surface area (Å²) in [5.74, 6) is 1.47. The summed E-state index contributed by atoms with van der Waals surface area (Å²) in [4.78, 5) is 30.0. The highest BCUT2D eigenvalue weighted by Crippen LogP contribution is 2.34. The van der Waals surface area contributed by atoms with Gasteiger partial charge in [-0.05, 0) is 31.4 Å². The molecule has 2 aromatic heterocycles. The van der Waals surface area contributed by atoms with Gasteiger partial charge in [-0.25, -0.2) is 4.98 Å². The Kier molecular flexibility index (Phi) is 5.32. The Bertz CT molecular complexity index is 894. The van der Waals surface area contributed by atoms with Gasteiger partial charge in [-0.3, -0.25) is 14.2 Å². The number of carbonyl (C=O) groups excluding carboxylic acids is 1. The number of aryl methyl sites for hydroxylation is 1. The van der Waals surface area contributed by atoms with Crippen LogP contribution in [0.3, 0.4) is 0 Å². The van der Waals surface area contributed by atoms with E-state index in [1.165, 1.54) is 11.3 Å². The molecule has 10 heteroatoms. The van der Waals surface area contributed by atoms with Crippen LogP contribution in [0, 0.1) is 0 Å². The van der Waals surface area contributed by atoms with Gasteiger partial charge in [0, 0.05) is 17.7 Å². The van der Waals surface area contributed by atoms with Gasteiger partial charge in [-0.1, -0.05) is 41.8 Å². The van der Waals surface area contributed by atoms with Gasteiger partial charge in [0.25, 0.3) is 5.56 Å². The fourth-order valence-corrected chi connectivity index (χ4v) is 6.11. The first-order valence-electron chi connectivity index (χ1n) is 8.69. The molecule has 1 aliphatic heterocycles. The third-order valence-corrected chi connectivity index (χ3v) is 7.42. The first kappa shape index (κ1) is 18.0. The Hall–Kier alpha value is -1.39. The number of thioether (sulfide) groups is 2. The van der Waals surface area contributed by atoms with E-state index in [9.17, 15) is 9.59 Å². The average Bonchev–Trinajstić information content (AvgIpc) is 3.23. The van der Waals surface area contributed by atoms with Crippen LogP contribution in [0.1, 0.15) is 43.5 Å². The minimum absolute atomic E-state index is 0.0463. The second-order valence-electron chi connectivity index (χ2n) is 6.23. The minimum atomic E-state index is -0.153. The fourth-order valence-electron chi connectivity index (χ4n) is 3.29. The van der Waals surface area contributed by atoms with E-state index in [2.05, 4.69) is 15.5 Å². The lowest BCUT2D eigenvalue weighted by atomic mass is 9.97. The molecule has 2 aromatic rings. The molecule has 0 spiro atoms. The van der Waals surface area contributed by atoms with Crippen LogP contribution in [0.4, 0.5) is 5.13 Å². The normalized spacial score (nSPS) is 18.4. The highest BCUT2D eigenvalue weighted by Gasteiger charge is 2.30. The zero-order valence-electron chi connectivity index (χ0n) is 14.4. The summed E-state index contributed by atoms with van der Waals surface area (Å²) in [6.45, 7) is 2.05. The molecule has 0 bridgehead atoms. The predicted octanol–water partition coefficient (Wildman–Crippen LogP) is 2.76. The number of nitrogens with one attached hydrogen (secondary N) is 1. The molecular weight excluding hydrogens is 390 g/mol. The maximum absolute atomic E-state index is 12.9. The van der Waals surface area contributed by atoms with Crippen LogP contribution in [0.15, 0.2) is 14.3 Å². The summed E-state index contributed by atoms with van der Waals surface area (Å²) in [5, 5.41) is 12.1. The van der Waals surface area contributed by atoms with Crippen LogP contribution < -0.4 is 10.9 Å². The van der Waals surface area contributed by atoms with Gasteiger partial charge >= 0.3 is 0 Å². The number of hydrogen-bond acceptors (Lipinski definition) is 8. The van der Waals surface area contributed by atoms with Crippen molar-refractivity contribution in [3.63, 3.8) is 0 Å². The molecule has 0 aromatic carbocycles. The zero-order chi connectivity index (χ0) is 18.1. The Balaban J connectivity index is 1.49. The number of anilines is 1. The highest BCUT2D eigenvalue weighted by atomic mass is 32.2. The van der Waals surface area contributed by atoms with Crippen LogP contribution in [0.25, 0.3) is 0 Å². The van der Waals surface area contributed by atoms with Crippen molar-refractivity contribution in [3.8, 4) is 0 Å². The van der Waals surface area contributed by atoms with Crippen molar-refractivity contribution in [2.24, 2.45) is 0 Å². The Morgan fingerprint density at radius 1 is 1.35 bits per heavy atom. The van der Waals surface area contributed by atoms with Crippen LogP contribution in [0.5, 0.6) is 0 Å². The van der Waals surface area contributed by atoms with Gasteiger partial charge in [0.15, 0.2) is 9.50 Å². The second kappa shape index (κ2) is 7.69. The molecule has 1 amide bonds. The van der Waals surface area contributed by atoms with E-state index in [4.69, 9.17) is 4.98 Å². The van der Waals surface area contributed by atoms with E-state index in [1.807, 2.05) is 6.92 Å². The van der Waals surface area contributed by atoms with Crippen LogP contribution in [0.2, 0.25) is 0 Å². The topological polar surface area (TPSA) is 89.8 Å². The molecule has 0 saturated heterocycles. The summed E-state index contributed by atoms with van der Waals surface area (Å²) >= 11 is 4.54. The Labute approximate surface area is 163 Å². The largest absolute Gasteiger partial charge is 0.300 e. The fraction of sp³-hybridized carbons (Fsp3) is 0.562. The molecule has 2 aliphatic rings. The number of carbonyl (C=O) groups is 1. The lowest BCUT2D eigenvalue weighted by Crippen LogP contribution is -2.32. The molecule has 1 N–H and O–H groups in total. The molecule has 0 radical (unpaired) electrons. The summed E-state index contributed by atoms with van der Waals surface area (Å²) in [6, 6.07) is -0.153. The van der Waals surface area contributed by atoms with Crippen molar-refractivity contribution in [2.75, 3.05) is 16.8 Å². The molecule has 138 valence electrons. The molecule has 7 nitrogen and oxygen atoms in total. The number of hydrogen-bond donors (Lipinski definition) is 1. The van der Waals surface area contributed by atoms with E-state index in [-0.39, 0.29) is 23.9 Å². The maximum Gasteiger partial charge on any atom is 0.257 e.